The average molecular weight is 501 g/mol. The number of hydrogen-bond acceptors (Lipinski definition) is 1. The lowest BCUT2D eigenvalue weighted by atomic mass is 9.90. The van der Waals surface area contributed by atoms with Crippen LogP contribution >= 0.6 is 7.26 Å². The van der Waals surface area contributed by atoms with Gasteiger partial charge in [-0.15, -0.1) is 0 Å². The van der Waals surface area contributed by atoms with E-state index >= 15 is 0 Å². The molecule has 0 unspecified atom stereocenters. The lowest BCUT2D eigenvalue weighted by Crippen LogP contribution is -3.00. The molecule has 1 aliphatic rings. The molecule has 0 atom stereocenters. The summed E-state index contributed by atoms with van der Waals surface area (Å²) in [5.41, 5.74) is 1.36. The molecule has 1 aliphatic carbocycles. The summed E-state index contributed by atoms with van der Waals surface area (Å²) in [6.45, 7) is 0.855. The summed E-state index contributed by atoms with van der Waals surface area (Å²) in [4.78, 5) is 0. The SMILES string of the molecule is [Cl-].c1ccc([P+](Cc2ccc(OCC3CCCCC3)cc2)(c2ccccc2)c2ccccc2)cc1. The molecule has 4 aromatic rings. The van der Waals surface area contributed by atoms with Gasteiger partial charge >= 0.3 is 0 Å². The largest absolute Gasteiger partial charge is 1.00 e. The normalized spacial score (nSPS) is 14.2. The summed E-state index contributed by atoms with van der Waals surface area (Å²) in [7, 11) is -1.87. The van der Waals surface area contributed by atoms with E-state index in [1.807, 2.05) is 0 Å². The van der Waals surface area contributed by atoms with E-state index in [4.69, 9.17) is 4.74 Å². The first-order valence-electron chi connectivity index (χ1n) is 12.6. The molecule has 1 fully saturated rings. The highest BCUT2D eigenvalue weighted by molar-refractivity contribution is 7.95. The van der Waals surface area contributed by atoms with Gasteiger partial charge in [-0.1, -0.05) is 86.0 Å². The van der Waals surface area contributed by atoms with E-state index in [1.54, 1.807) is 0 Å². The van der Waals surface area contributed by atoms with Crippen molar-refractivity contribution < 1.29 is 17.1 Å². The Balaban J connectivity index is 0.00000289. The van der Waals surface area contributed by atoms with Gasteiger partial charge in [-0.2, -0.15) is 0 Å². The van der Waals surface area contributed by atoms with Crippen molar-refractivity contribution in [2.45, 2.75) is 38.3 Å². The van der Waals surface area contributed by atoms with Crippen LogP contribution in [-0.2, 0) is 6.16 Å². The minimum absolute atomic E-state index is 0. The maximum atomic E-state index is 6.19. The number of hydrogen-bond donors (Lipinski definition) is 0. The van der Waals surface area contributed by atoms with Crippen LogP contribution in [0.15, 0.2) is 115 Å². The van der Waals surface area contributed by atoms with Crippen molar-refractivity contribution >= 4 is 23.2 Å². The molecule has 0 amide bonds. The Morgan fingerprint density at radius 3 is 1.49 bits per heavy atom. The molecule has 1 nitrogen and oxygen atoms in total. The zero-order valence-electron chi connectivity index (χ0n) is 20.2. The van der Waals surface area contributed by atoms with E-state index in [1.165, 1.54) is 53.6 Å². The van der Waals surface area contributed by atoms with Crippen LogP contribution in [0.4, 0.5) is 0 Å². The Labute approximate surface area is 217 Å². The summed E-state index contributed by atoms with van der Waals surface area (Å²) < 4.78 is 6.19. The number of rotatable bonds is 8. The number of halogens is 1. The summed E-state index contributed by atoms with van der Waals surface area (Å²) in [5, 5.41) is 4.26. The van der Waals surface area contributed by atoms with E-state index < -0.39 is 7.26 Å². The minimum Gasteiger partial charge on any atom is -1.00 e. The zero-order chi connectivity index (χ0) is 23.1. The maximum Gasteiger partial charge on any atom is 0.119 e. The second-order valence-electron chi connectivity index (χ2n) is 9.43. The molecule has 0 aromatic heterocycles. The van der Waals surface area contributed by atoms with Crippen LogP contribution in [0.25, 0.3) is 0 Å². The molecule has 0 spiro atoms. The Hall–Kier alpha value is -2.60. The molecular weight excluding hydrogens is 467 g/mol. The van der Waals surface area contributed by atoms with Gasteiger partial charge in [0.25, 0.3) is 0 Å². The molecular formula is C32H34ClOP. The van der Waals surface area contributed by atoms with Crippen molar-refractivity contribution in [1.29, 1.82) is 0 Å². The smallest absolute Gasteiger partial charge is 0.119 e. The quantitative estimate of drug-likeness (QED) is 0.330. The average Bonchev–Trinajstić information content (AvgIpc) is 2.93. The van der Waals surface area contributed by atoms with E-state index in [0.717, 1.165) is 24.4 Å². The van der Waals surface area contributed by atoms with Gasteiger partial charge in [0.15, 0.2) is 0 Å². The van der Waals surface area contributed by atoms with Crippen molar-refractivity contribution in [2.24, 2.45) is 5.92 Å². The molecule has 4 aromatic carbocycles. The van der Waals surface area contributed by atoms with Gasteiger partial charge in [-0.25, -0.2) is 0 Å². The van der Waals surface area contributed by atoms with Crippen LogP contribution in [0.5, 0.6) is 5.75 Å². The fourth-order valence-corrected chi connectivity index (χ4v) is 9.55. The van der Waals surface area contributed by atoms with Gasteiger partial charge in [-0.3, -0.25) is 0 Å². The summed E-state index contributed by atoms with van der Waals surface area (Å²) >= 11 is 0. The van der Waals surface area contributed by atoms with Gasteiger partial charge in [0, 0.05) is 0 Å². The fourth-order valence-electron chi connectivity index (χ4n) is 5.30. The summed E-state index contributed by atoms with van der Waals surface area (Å²) in [5.74, 6) is 1.72. The first-order valence-corrected chi connectivity index (χ1v) is 14.6. The highest BCUT2D eigenvalue weighted by atomic mass is 35.5. The summed E-state index contributed by atoms with van der Waals surface area (Å²) in [6.07, 6.45) is 7.73. The predicted molar refractivity (Wildman–Crippen MR) is 147 cm³/mol. The second-order valence-corrected chi connectivity index (χ2v) is 12.9. The van der Waals surface area contributed by atoms with Crippen LogP contribution in [-0.4, -0.2) is 6.61 Å². The first-order chi connectivity index (χ1) is 16.8. The first kappa shape index (κ1) is 25.5. The molecule has 1 saturated carbocycles. The standard InChI is InChI=1S/C32H34OP.ClH/c1-5-13-27(14-6-1)25-33-29-23-21-28(22-24-29)26-34(30-15-7-2-8-16-30,31-17-9-3-10-18-31)32-19-11-4-12-20-32;/h2-4,7-12,15-24,27H,1,5-6,13-14,25-26H2;1H/q+1;/p-1. The number of ether oxygens (including phenoxy) is 1. The molecule has 0 aliphatic heterocycles. The Kier molecular flexibility index (Phi) is 9.02. The third-order valence-electron chi connectivity index (χ3n) is 7.14. The van der Waals surface area contributed by atoms with E-state index in [-0.39, 0.29) is 12.4 Å². The lowest BCUT2D eigenvalue weighted by Gasteiger charge is -2.28. The molecule has 35 heavy (non-hydrogen) atoms. The van der Waals surface area contributed by atoms with Gasteiger partial charge in [0.2, 0.25) is 0 Å². The van der Waals surface area contributed by atoms with Crippen LogP contribution in [0, 0.1) is 5.92 Å². The highest BCUT2D eigenvalue weighted by Crippen LogP contribution is 2.58. The van der Waals surface area contributed by atoms with Gasteiger partial charge in [0.05, 0.1) is 12.8 Å². The molecule has 5 rings (SSSR count). The Morgan fingerprint density at radius 2 is 1.03 bits per heavy atom. The summed E-state index contributed by atoms with van der Waals surface area (Å²) in [6, 6.07) is 42.2. The molecule has 0 heterocycles. The Morgan fingerprint density at radius 1 is 0.571 bits per heavy atom. The van der Waals surface area contributed by atoms with Crippen molar-refractivity contribution in [1.82, 2.24) is 0 Å². The highest BCUT2D eigenvalue weighted by Gasteiger charge is 2.45. The van der Waals surface area contributed by atoms with E-state index in [0.29, 0.717) is 0 Å². The molecule has 180 valence electrons. The molecule has 3 heteroatoms. The van der Waals surface area contributed by atoms with Crippen molar-refractivity contribution in [3.63, 3.8) is 0 Å². The van der Waals surface area contributed by atoms with E-state index in [9.17, 15) is 0 Å². The minimum atomic E-state index is -1.87. The van der Waals surface area contributed by atoms with Gasteiger partial charge in [-0.05, 0) is 72.9 Å². The van der Waals surface area contributed by atoms with Crippen molar-refractivity contribution in [3.8, 4) is 5.75 Å². The van der Waals surface area contributed by atoms with Crippen molar-refractivity contribution in [3.05, 3.63) is 121 Å². The fraction of sp³-hybridized carbons (Fsp3) is 0.250. The van der Waals surface area contributed by atoms with Gasteiger partial charge in [0.1, 0.15) is 28.9 Å². The third-order valence-corrected chi connectivity index (χ3v) is 11.5. The van der Waals surface area contributed by atoms with Crippen LogP contribution in [0.2, 0.25) is 0 Å². The topological polar surface area (TPSA) is 9.23 Å². The number of benzene rings is 4. The Bertz CT molecular complexity index is 1040. The lowest BCUT2D eigenvalue weighted by molar-refractivity contribution is -0.00000711. The molecule has 0 N–H and O–H groups in total. The van der Waals surface area contributed by atoms with Gasteiger partial charge < -0.3 is 17.1 Å². The maximum absolute atomic E-state index is 6.19. The zero-order valence-corrected chi connectivity index (χ0v) is 21.9. The van der Waals surface area contributed by atoms with Crippen molar-refractivity contribution in [2.75, 3.05) is 6.61 Å². The third kappa shape index (κ3) is 5.97. The molecule has 0 saturated heterocycles. The van der Waals surface area contributed by atoms with Crippen LogP contribution in [0.1, 0.15) is 37.7 Å². The molecule has 0 radical (unpaired) electrons. The molecule has 0 bridgehead atoms. The van der Waals surface area contributed by atoms with Crippen LogP contribution in [0.3, 0.4) is 0 Å². The predicted octanol–water partition coefficient (Wildman–Crippen LogP) is 4.14. The van der Waals surface area contributed by atoms with Crippen LogP contribution < -0.4 is 33.1 Å². The second kappa shape index (κ2) is 12.4. The van der Waals surface area contributed by atoms with E-state index in [2.05, 4.69) is 115 Å². The monoisotopic (exact) mass is 500 g/mol.